The smallest absolute Gasteiger partial charge is 0.338 e. The van der Waals surface area contributed by atoms with Crippen LogP contribution in [0.2, 0.25) is 0 Å². The summed E-state index contributed by atoms with van der Waals surface area (Å²) in [5.74, 6) is -1.31. The first-order chi connectivity index (χ1) is 9.99. The van der Waals surface area contributed by atoms with Gasteiger partial charge in [0.1, 0.15) is 0 Å². The Kier molecular flexibility index (Phi) is 2.91. The first-order valence-corrected chi connectivity index (χ1v) is 5.89. The summed E-state index contributed by atoms with van der Waals surface area (Å²) in [6.45, 7) is 0. The fourth-order valence-electron chi connectivity index (χ4n) is 2.21. The number of quaternary nitrogens is 1. The molecule has 0 aliphatic rings. The number of hydrogen-bond donors (Lipinski definition) is 4. The highest BCUT2D eigenvalue weighted by Crippen LogP contribution is 2.21. The molecule has 0 aliphatic heterocycles. The summed E-state index contributed by atoms with van der Waals surface area (Å²) in [6, 6.07) is 3.73. The number of benzene rings is 1. The second-order valence-corrected chi connectivity index (χ2v) is 4.43. The van der Waals surface area contributed by atoms with E-state index in [-0.39, 0.29) is 27.5 Å². The number of rotatable bonds is 2. The quantitative estimate of drug-likeness (QED) is 0.393. The maximum absolute atomic E-state index is 12.4. The van der Waals surface area contributed by atoms with Gasteiger partial charge in [0, 0.05) is 24.5 Å². The third-order valence-electron chi connectivity index (χ3n) is 3.19. The average molecular weight is 287 g/mol. The molecular formula is C13H9N3O5. The lowest BCUT2D eigenvalue weighted by Gasteiger charge is -2.13. The van der Waals surface area contributed by atoms with Gasteiger partial charge < -0.3 is 15.3 Å². The highest BCUT2D eigenvalue weighted by atomic mass is 16.8. The van der Waals surface area contributed by atoms with Crippen molar-refractivity contribution in [3.8, 4) is 0 Å². The number of pyridine rings is 2. The Balaban J connectivity index is 2.55. The summed E-state index contributed by atoms with van der Waals surface area (Å²) in [7, 11) is 0. The molecule has 2 heterocycles. The molecule has 1 atom stereocenters. The maximum Gasteiger partial charge on any atom is 0.338 e. The van der Waals surface area contributed by atoms with Crippen molar-refractivity contribution in [2.75, 3.05) is 0 Å². The Morgan fingerprint density at radius 1 is 1.33 bits per heavy atom. The lowest BCUT2D eigenvalue weighted by atomic mass is 10.1. The van der Waals surface area contributed by atoms with Crippen LogP contribution in [0, 0.1) is 5.21 Å². The molecule has 0 saturated carbocycles. The molecule has 0 fully saturated rings. The monoisotopic (exact) mass is 287 g/mol. The maximum atomic E-state index is 12.4. The van der Waals surface area contributed by atoms with Crippen molar-refractivity contribution in [1.82, 2.24) is 9.97 Å². The van der Waals surface area contributed by atoms with Gasteiger partial charge in [-0.15, -0.1) is 0 Å². The molecule has 2 aromatic heterocycles. The van der Waals surface area contributed by atoms with Crippen LogP contribution < -0.4 is 10.7 Å². The summed E-state index contributed by atoms with van der Waals surface area (Å²) >= 11 is 0. The molecule has 0 amide bonds. The number of aromatic carboxylic acids is 1. The lowest BCUT2D eigenvalue weighted by Crippen LogP contribution is -2.99. The molecule has 0 aliphatic carbocycles. The third-order valence-corrected chi connectivity index (χ3v) is 3.19. The van der Waals surface area contributed by atoms with Crippen LogP contribution in [0.1, 0.15) is 10.4 Å². The molecule has 3 aromatic rings. The first-order valence-electron chi connectivity index (χ1n) is 5.89. The van der Waals surface area contributed by atoms with Gasteiger partial charge in [-0.05, 0) is 6.07 Å². The average Bonchev–Trinajstić information content (AvgIpc) is 2.46. The molecule has 1 aromatic carbocycles. The van der Waals surface area contributed by atoms with Crippen LogP contribution in [-0.2, 0) is 0 Å². The number of carbonyl (C=O) groups is 1. The van der Waals surface area contributed by atoms with Crippen LogP contribution in [0.3, 0.4) is 0 Å². The Labute approximate surface area is 116 Å². The SMILES string of the molecule is O=C(O)c1cc([NH+]([O-])O)cc2c(=O)c3cnccc3[nH]c12. The zero-order valence-electron chi connectivity index (χ0n) is 10.5. The standard InChI is InChI=1S/C13H9N3O5/c17-12-7-3-6(16(20)21)4-8(13(18)19)11(7)15-10-1-2-14-5-9(10)12/h1-5,16,20H,(H,15,17)(H,18,19). The molecule has 106 valence electrons. The van der Waals surface area contributed by atoms with Crippen LogP contribution in [0.5, 0.6) is 0 Å². The number of hydrogen-bond acceptors (Lipinski definition) is 5. The fourth-order valence-corrected chi connectivity index (χ4v) is 2.21. The van der Waals surface area contributed by atoms with E-state index in [4.69, 9.17) is 5.21 Å². The van der Waals surface area contributed by atoms with Crippen LogP contribution >= 0.6 is 0 Å². The topological polar surface area (TPSA) is 131 Å². The van der Waals surface area contributed by atoms with Gasteiger partial charge in [-0.1, -0.05) is 0 Å². The molecule has 8 nitrogen and oxygen atoms in total. The lowest BCUT2D eigenvalue weighted by molar-refractivity contribution is -0.991. The van der Waals surface area contributed by atoms with E-state index in [9.17, 15) is 19.9 Å². The van der Waals surface area contributed by atoms with E-state index < -0.39 is 16.6 Å². The minimum Gasteiger partial charge on any atom is -0.595 e. The van der Waals surface area contributed by atoms with Gasteiger partial charge >= 0.3 is 5.97 Å². The summed E-state index contributed by atoms with van der Waals surface area (Å²) < 4.78 is 0. The van der Waals surface area contributed by atoms with Gasteiger partial charge in [0.15, 0.2) is 11.1 Å². The van der Waals surface area contributed by atoms with E-state index in [1.54, 1.807) is 6.07 Å². The Hall–Kier alpha value is -2.81. The van der Waals surface area contributed by atoms with Crippen LogP contribution in [0.4, 0.5) is 5.69 Å². The minimum atomic E-state index is -1.31. The molecule has 21 heavy (non-hydrogen) atoms. The van der Waals surface area contributed by atoms with E-state index >= 15 is 0 Å². The number of H-pyrrole nitrogens is 1. The number of nitrogens with zero attached hydrogens (tertiary/aromatic N) is 1. The van der Waals surface area contributed by atoms with Crippen LogP contribution in [0.25, 0.3) is 21.8 Å². The van der Waals surface area contributed by atoms with Crippen molar-refractivity contribution in [2.24, 2.45) is 0 Å². The van der Waals surface area contributed by atoms with E-state index in [1.165, 1.54) is 12.4 Å². The molecule has 1 unspecified atom stereocenters. The molecule has 3 rings (SSSR count). The van der Waals surface area contributed by atoms with Crippen LogP contribution in [-0.4, -0.2) is 26.3 Å². The van der Waals surface area contributed by atoms with Crippen molar-refractivity contribution in [2.45, 2.75) is 0 Å². The molecule has 0 bridgehead atoms. The molecular weight excluding hydrogens is 278 g/mol. The predicted molar refractivity (Wildman–Crippen MR) is 72.6 cm³/mol. The van der Waals surface area contributed by atoms with Crippen molar-refractivity contribution in [3.05, 3.63) is 51.6 Å². The fraction of sp³-hybridized carbons (Fsp3) is 0. The Bertz CT molecular complexity index is 932. The summed E-state index contributed by atoms with van der Waals surface area (Å²) in [5.41, 5.74) is -0.448. The molecule has 8 heteroatoms. The summed E-state index contributed by atoms with van der Waals surface area (Å²) in [5, 5.41) is 28.3. The summed E-state index contributed by atoms with van der Waals surface area (Å²) in [6.07, 6.45) is 2.82. The van der Waals surface area contributed by atoms with Gasteiger partial charge in [-0.25, -0.2) is 10.0 Å². The van der Waals surface area contributed by atoms with Crippen molar-refractivity contribution in [1.29, 1.82) is 0 Å². The molecule has 0 saturated heterocycles. The number of aromatic amines is 1. The molecule has 0 spiro atoms. The summed E-state index contributed by atoms with van der Waals surface area (Å²) in [4.78, 5) is 30.4. The van der Waals surface area contributed by atoms with Crippen LogP contribution in [0.15, 0.2) is 35.4 Å². The van der Waals surface area contributed by atoms with E-state index in [1.807, 2.05) is 0 Å². The Morgan fingerprint density at radius 3 is 2.76 bits per heavy atom. The van der Waals surface area contributed by atoms with Gasteiger partial charge in [0.25, 0.3) is 0 Å². The number of aromatic nitrogens is 2. The molecule has 0 radical (unpaired) electrons. The van der Waals surface area contributed by atoms with Gasteiger partial charge in [0.05, 0.1) is 27.4 Å². The minimum absolute atomic E-state index is 0.00722. The largest absolute Gasteiger partial charge is 0.595 e. The predicted octanol–water partition coefficient (Wildman–Crippen LogP) is 0.178. The van der Waals surface area contributed by atoms with Crippen molar-refractivity contribution >= 4 is 33.5 Å². The highest BCUT2D eigenvalue weighted by Gasteiger charge is 2.17. The second kappa shape index (κ2) is 4.63. The van der Waals surface area contributed by atoms with Crippen molar-refractivity contribution in [3.63, 3.8) is 0 Å². The van der Waals surface area contributed by atoms with Gasteiger partial charge in [0.2, 0.25) is 0 Å². The molecule has 4 N–H and O–H groups in total. The van der Waals surface area contributed by atoms with Gasteiger partial charge in [-0.3, -0.25) is 9.78 Å². The normalized spacial score (nSPS) is 12.7. The van der Waals surface area contributed by atoms with E-state index in [0.29, 0.717) is 5.52 Å². The zero-order chi connectivity index (χ0) is 15.1. The highest BCUT2D eigenvalue weighted by molar-refractivity contribution is 6.05. The Morgan fingerprint density at radius 2 is 2.10 bits per heavy atom. The number of carboxylic acid groups (broad SMARTS) is 1. The second-order valence-electron chi connectivity index (χ2n) is 4.43. The van der Waals surface area contributed by atoms with Gasteiger partial charge in [-0.2, -0.15) is 5.23 Å². The first kappa shape index (κ1) is 13.2. The number of carboxylic acids is 1. The zero-order valence-corrected chi connectivity index (χ0v) is 10.5. The van der Waals surface area contributed by atoms with Crippen molar-refractivity contribution < 1.29 is 20.3 Å². The number of fused-ring (bicyclic) bond motifs is 2. The number of nitrogens with one attached hydrogen (secondary N) is 2. The van der Waals surface area contributed by atoms with E-state index in [2.05, 4.69) is 9.97 Å². The third kappa shape index (κ3) is 2.03. The van der Waals surface area contributed by atoms with E-state index in [0.717, 1.165) is 12.1 Å².